The molecule has 1 atom stereocenters. The number of aromatic nitrogens is 2. The Morgan fingerprint density at radius 2 is 2.03 bits per heavy atom. The molecule has 1 amide bonds. The van der Waals surface area contributed by atoms with Crippen LogP contribution in [0.1, 0.15) is 34.6 Å². The van der Waals surface area contributed by atoms with Crippen molar-refractivity contribution >= 4 is 23.0 Å². The number of ketones is 1. The van der Waals surface area contributed by atoms with Crippen molar-refractivity contribution in [1.29, 1.82) is 0 Å². The van der Waals surface area contributed by atoms with E-state index in [2.05, 4.69) is 4.98 Å². The summed E-state index contributed by atoms with van der Waals surface area (Å²) in [5.74, 6) is -0.609. The summed E-state index contributed by atoms with van der Waals surface area (Å²) in [6.45, 7) is 3.52. The number of hydrogen-bond donors (Lipinski definition) is 1. The molecular weight excluding hydrogens is 414 g/mol. The summed E-state index contributed by atoms with van der Waals surface area (Å²) in [4.78, 5) is 32.3. The van der Waals surface area contributed by atoms with Gasteiger partial charge in [0.15, 0.2) is 5.76 Å². The molecule has 0 aliphatic carbocycles. The number of carbonyl (C=O) groups excluding carboxylic acids is 2. The van der Waals surface area contributed by atoms with Crippen molar-refractivity contribution in [2.75, 3.05) is 13.2 Å². The fourth-order valence-corrected chi connectivity index (χ4v) is 4.44. The van der Waals surface area contributed by atoms with Crippen molar-refractivity contribution in [1.82, 2.24) is 14.5 Å². The fraction of sp³-hybridized carbons (Fsp3) is 0.261. The highest BCUT2D eigenvalue weighted by atomic mass is 32.1. The molecule has 1 aliphatic heterocycles. The number of thiophene rings is 1. The minimum Gasteiger partial charge on any atom is -0.503 e. The van der Waals surface area contributed by atoms with Gasteiger partial charge < -0.3 is 19.3 Å². The van der Waals surface area contributed by atoms with Gasteiger partial charge >= 0.3 is 0 Å². The highest BCUT2D eigenvalue weighted by Gasteiger charge is 2.43. The van der Waals surface area contributed by atoms with Crippen LogP contribution in [0.25, 0.3) is 0 Å². The standard InChI is InChI=1S/C23H23N3O4S/c1-2-30-17-8-6-16(7-9-17)20-19(21(27)18-5-3-14-31-18)22(28)23(29)26(20)12-4-11-25-13-10-24-15-25/h3,5-10,13-15,20,28H,2,4,11-12H2,1H3/t20-/m0/s1. The molecule has 1 aromatic carbocycles. The summed E-state index contributed by atoms with van der Waals surface area (Å²) in [5.41, 5.74) is 0.877. The Balaban J connectivity index is 1.65. The Labute approximate surface area is 184 Å². The monoisotopic (exact) mass is 437 g/mol. The van der Waals surface area contributed by atoms with Gasteiger partial charge in [0, 0.05) is 25.5 Å². The van der Waals surface area contributed by atoms with Crippen LogP contribution in [0.3, 0.4) is 0 Å². The van der Waals surface area contributed by atoms with Crippen LogP contribution in [0.15, 0.2) is 71.8 Å². The topological polar surface area (TPSA) is 84.7 Å². The van der Waals surface area contributed by atoms with E-state index in [4.69, 9.17) is 4.74 Å². The minimum atomic E-state index is -0.652. The smallest absolute Gasteiger partial charge is 0.290 e. The van der Waals surface area contributed by atoms with Gasteiger partial charge in [-0.15, -0.1) is 11.3 Å². The summed E-state index contributed by atoms with van der Waals surface area (Å²) < 4.78 is 7.44. The molecule has 3 aromatic rings. The highest BCUT2D eigenvalue weighted by molar-refractivity contribution is 7.12. The third-order valence-electron chi connectivity index (χ3n) is 5.17. The van der Waals surface area contributed by atoms with Gasteiger partial charge in [0.25, 0.3) is 5.91 Å². The van der Waals surface area contributed by atoms with Crippen molar-refractivity contribution in [2.45, 2.75) is 25.9 Å². The molecule has 160 valence electrons. The van der Waals surface area contributed by atoms with Crippen molar-refractivity contribution < 1.29 is 19.4 Å². The number of aryl methyl sites for hydroxylation is 1. The SMILES string of the molecule is CCOc1ccc([C@H]2C(C(=O)c3cccs3)=C(O)C(=O)N2CCCn2ccnc2)cc1. The number of carbonyl (C=O) groups is 2. The molecule has 0 saturated heterocycles. The first-order valence-corrected chi connectivity index (χ1v) is 11.0. The summed E-state index contributed by atoms with van der Waals surface area (Å²) in [6, 6.07) is 10.1. The number of aliphatic hydroxyl groups is 1. The van der Waals surface area contributed by atoms with E-state index in [1.54, 1.807) is 34.9 Å². The lowest BCUT2D eigenvalue weighted by molar-refractivity contribution is -0.129. The van der Waals surface area contributed by atoms with Crippen LogP contribution in [0, 0.1) is 0 Å². The Kier molecular flexibility index (Phi) is 6.18. The second-order valence-electron chi connectivity index (χ2n) is 7.13. The van der Waals surface area contributed by atoms with E-state index in [1.807, 2.05) is 42.0 Å². The van der Waals surface area contributed by atoms with Crippen LogP contribution in [0.5, 0.6) is 5.75 Å². The van der Waals surface area contributed by atoms with Crippen LogP contribution < -0.4 is 4.74 Å². The lowest BCUT2D eigenvalue weighted by Crippen LogP contribution is -2.32. The van der Waals surface area contributed by atoms with E-state index in [-0.39, 0.29) is 11.4 Å². The maximum absolute atomic E-state index is 13.2. The normalized spacial score (nSPS) is 16.2. The van der Waals surface area contributed by atoms with E-state index < -0.39 is 17.7 Å². The Bertz CT molecular complexity index is 1070. The van der Waals surface area contributed by atoms with Crippen LogP contribution in [0.4, 0.5) is 0 Å². The molecule has 0 spiro atoms. The third kappa shape index (κ3) is 4.25. The fourth-order valence-electron chi connectivity index (χ4n) is 3.76. The second-order valence-corrected chi connectivity index (χ2v) is 8.07. The number of aliphatic hydroxyl groups excluding tert-OH is 1. The largest absolute Gasteiger partial charge is 0.503 e. The number of Topliss-reactive ketones (excluding diaryl/α,β-unsaturated/α-hetero) is 1. The van der Waals surface area contributed by atoms with Gasteiger partial charge in [-0.05, 0) is 42.5 Å². The Morgan fingerprint density at radius 3 is 2.68 bits per heavy atom. The van der Waals surface area contributed by atoms with E-state index in [1.165, 1.54) is 11.3 Å². The number of nitrogens with zero attached hydrogens (tertiary/aromatic N) is 3. The highest BCUT2D eigenvalue weighted by Crippen LogP contribution is 2.40. The maximum atomic E-state index is 13.2. The zero-order chi connectivity index (χ0) is 21.8. The van der Waals surface area contributed by atoms with Crippen LogP contribution >= 0.6 is 11.3 Å². The van der Waals surface area contributed by atoms with Gasteiger partial charge in [-0.25, -0.2) is 4.98 Å². The second kappa shape index (κ2) is 9.18. The predicted molar refractivity (Wildman–Crippen MR) is 117 cm³/mol. The number of amides is 1. The molecule has 4 rings (SSSR count). The van der Waals surface area contributed by atoms with Gasteiger partial charge in [0.05, 0.1) is 29.4 Å². The first-order chi connectivity index (χ1) is 15.1. The quantitative estimate of drug-likeness (QED) is 0.511. The van der Waals surface area contributed by atoms with Crippen molar-refractivity contribution in [3.63, 3.8) is 0 Å². The molecule has 8 heteroatoms. The molecule has 31 heavy (non-hydrogen) atoms. The average molecular weight is 438 g/mol. The molecule has 0 radical (unpaired) electrons. The lowest BCUT2D eigenvalue weighted by atomic mass is 9.95. The third-order valence-corrected chi connectivity index (χ3v) is 6.04. The van der Waals surface area contributed by atoms with Crippen molar-refractivity contribution in [3.05, 3.63) is 82.3 Å². The van der Waals surface area contributed by atoms with E-state index in [9.17, 15) is 14.7 Å². The summed E-state index contributed by atoms with van der Waals surface area (Å²) in [7, 11) is 0. The zero-order valence-corrected chi connectivity index (χ0v) is 17.9. The summed E-state index contributed by atoms with van der Waals surface area (Å²) >= 11 is 1.29. The molecule has 0 unspecified atom stereocenters. The number of hydrogen-bond acceptors (Lipinski definition) is 6. The molecule has 0 saturated carbocycles. The Morgan fingerprint density at radius 1 is 1.23 bits per heavy atom. The molecule has 3 heterocycles. The summed E-state index contributed by atoms with van der Waals surface area (Å²) in [6.07, 6.45) is 5.94. The molecule has 2 aromatic heterocycles. The van der Waals surface area contributed by atoms with Gasteiger partial charge in [-0.2, -0.15) is 0 Å². The van der Waals surface area contributed by atoms with E-state index >= 15 is 0 Å². The number of rotatable bonds is 9. The molecule has 1 aliphatic rings. The number of imidazole rings is 1. The minimum absolute atomic E-state index is 0.124. The average Bonchev–Trinajstić information content (AvgIpc) is 3.53. The van der Waals surface area contributed by atoms with E-state index in [0.29, 0.717) is 36.7 Å². The van der Waals surface area contributed by atoms with Crippen LogP contribution in [-0.2, 0) is 11.3 Å². The number of benzene rings is 1. The van der Waals surface area contributed by atoms with Crippen LogP contribution in [-0.4, -0.2) is 44.4 Å². The number of ether oxygens (including phenoxy) is 1. The first-order valence-electron chi connectivity index (χ1n) is 10.1. The first kappa shape index (κ1) is 20.9. The molecule has 0 bridgehead atoms. The predicted octanol–water partition coefficient (Wildman–Crippen LogP) is 4.01. The summed E-state index contributed by atoms with van der Waals surface area (Å²) in [5, 5.41) is 12.5. The van der Waals surface area contributed by atoms with Gasteiger partial charge in [0.1, 0.15) is 5.75 Å². The molecule has 7 nitrogen and oxygen atoms in total. The van der Waals surface area contributed by atoms with Gasteiger partial charge in [-0.3, -0.25) is 9.59 Å². The van der Waals surface area contributed by atoms with Crippen molar-refractivity contribution in [3.8, 4) is 5.75 Å². The van der Waals surface area contributed by atoms with E-state index in [0.717, 1.165) is 5.56 Å². The van der Waals surface area contributed by atoms with Gasteiger partial charge in [0.2, 0.25) is 5.78 Å². The molecule has 1 N–H and O–H groups in total. The van der Waals surface area contributed by atoms with Crippen LogP contribution in [0.2, 0.25) is 0 Å². The van der Waals surface area contributed by atoms with Crippen molar-refractivity contribution in [2.24, 2.45) is 0 Å². The maximum Gasteiger partial charge on any atom is 0.290 e. The zero-order valence-electron chi connectivity index (χ0n) is 17.1. The van der Waals surface area contributed by atoms with Gasteiger partial charge in [-0.1, -0.05) is 18.2 Å². The molecular formula is C23H23N3O4S. The molecule has 0 fully saturated rings. The Hall–Kier alpha value is -3.39. The lowest BCUT2D eigenvalue weighted by Gasteiger charge is -2.27.